The van der Waals surface area contributed by atoms with Gasteiger partial charge in [0, 0.05) is 25.6 Å². The molecule has 5 heteroatoms. The summed E-state index contributed by atoms with van der Waals surface area (Å²) in [7, 11) is 1.75. The van der Waals surface area contributed by atoms with Crippen LogP contribution in [0.2, 0.25) is 0 Å². The largest absolute Gasteiger partial charge is 0.487 e. The second kappa shape index (κ2) is 7.13. The van der Waals surface area contributed by atoms with Crippen LogP contribution in [0.15, 0.2) is 53.5 Å². The van der Waals surface area contributed by atoms with E-state index in [9.17, 15) is 4.39 Å². The molecule has 25 heavy (non-hydrogen) atoms. The number of rotatable bonds is 3. The normalized spacial score (nSPS) is 18.9. The number of ether oxygens (including phenoxy) is 1. The average molecular weight is 341 g/mol. The third-order valence-electron chi connectivity index (χ3n) is 4.28. The quantitative estimate of drug-likeness (QED) is 0.659. The maximum Gasteiger partial charge on any atom is 0.191 e. The van der Waals surface area contributed by atoms with Gasteiger partial charge in [-0.3, -0.25) is 4.99 Å². The summed E-state index contributed by atoms with van der Waals surface area (Å²) in [5.41, 5.74) is 1.88. The summed E-state index contributed by atoms with van der Waals surface area (Å²) in [5.74, 6) is 1.39. The van der Waals surface area contributed by atoms with E-state index in [2.05, 4.69) is 35.5 Å². The van der Waals surface area contributed by atoms with Crippen molar-refractivity contribution in [2.75, 3.05) is 7.05 Å². The van der Waals surface area contributed by atoms with Gasteiger partial charge in [0.15, 0.2) is 5.96 Å². The Bertz CT molecular complexity index is 756. The van der Waals surface area contributed by atoms with Gasteiger partial charge in [0.1, 0.15) is 17.2 Å². The molecule has 1 atom stereocenters. The van der Waals surface area contributed by atoms with Crippen molar-refractivity contribution >= 4 is 5.96 Å². The van der Waals surface area contributed by atoms with Crippen molar-refractivity contribution in [2.45, 2.75) is 38.5 Å². The molecule has 0 saturated heterocycles. The summed E-state index contributed by atoms with van der Waals surface area (Å²) in [6, 6.07) is 14.6. The lowest BCUT2D eigenvalue weighted by molar-refractivity contribution is 0.0694. The van der Waals surface area contributed by atoms with Crippen LogP contribution in [-0.4, -0.2) is 18.6 Å². The van der Waals surface area contributed by atoms with E-state index >= 15 is 0 Å². The zero-order chi connectivity index (χ0) is 17.9. The highest BCUT2D eigenvalue weighted by atomic mass is 19.1. The molecule has 3 rings (SSSR count). The maximum atomic E-state index is 13.0. The number of para-hydroxylation sites is 1. The van der Waals surface area contributed by atoms with Gasteiger partial charge in [0.25, 0.3) is 0 Å². The summed E-state index contributed by atoms with van der Waals surface area (Å²) >= 11 is 0. The molecule has 0 spiro atoms. The van der Waals surface area contributed by atoms with Crippen molar-refractivity contribution in [1.29, 1.82) is 0 Å². The predicted molar refractivity (Wildman–Crippen MR) is 98.2 cm³/mol. The van der Waals surface area contributed by atoms with Crippen LogP contribution in [0.3, 0.4) is 0 Å². The van der Waals surface area contributed by atoms with Gasteiger partial charge >= 0.3 is 0 Å². The lowest BCUT2D eigenvalue weighted by Crippen LogP contribution is -2.45. The van der Waals surface area contributed by atoms with Gasteiger partial charge in [-0.15, -0.1) is 0 Å². The minimum absolute atomic E-state index is 0.111. The number of hydrogen-bond donors (Lipinski definition) is 2. The molecule has 132 valence electrons. The maximum absolute atomic E-state index is 13.0. The van der Waals surface area contributed by atoms with Gasteiger partial charge in [-0.05, 0) is 37.6 Å². The topological polar surface area (TPSA) is 45.7 Å². The zero-order valence-corrected chi connectivity index (χ0v) is 14.8. The van der Waals surface area contributed by atoms with Gasteiger partial charge in [-0.2, -0.15) is 0 Å². The fourth-order valence-electron chi connectivity index (χ4n) is 3.08. The monoisotopic (exact) mass is 341 g/mol. The molecule has 2 aromatic rings. The van der Waals surface area contributed by atoms with Crippen LogP contribution >= 0.6 is 0 Å². The zero-order valence-electron chi connectivity index (χ0n) is 14.8. The molecule has 0 radical (unpaired) electrons. The molecule has 1 heterocycles. The molecule has 1 aliphatic heterocycles. The van der Waals surface area contributed by atoms with Crippen molar-refractivity contribution in [3.63, 3.8) is 0 Å². The molecular weight excluding hydrogens is 317 g/mol. The number of guanidine groups is 1. The number of nitrogens with one attached hydrogen (secondary N) is 2. The number of benzene rings is 2. The van der Waals surface area contributed by atoms with E-state index in [-0.39, 0.29) is 17.5 Å². The van der Waals surface area contributed by atoms with E-state index < -0.39 is 0 Å². The number of hydrogen-bond acceptors (Lipinski definition) is 2. The standard InChI is InChI=1S/C20H24FN3O/c1-20(2)12-17(16-6-4-5-7-18(16)25-20)24-19(22-3)23-13-14-8-10-15(21)11-9-14/h4-11,17H,12-13H2,1-3H3,(H2,22,23,24). The summed E-state index contributed by atoms with van der Waals surface area (Å²) < 4.78 is 19.1. The van der Waals surface area contributed by atoms with Gasteiger partial charge < -0.3 is 15.4 Å². The Morgan fingerprint density at radius 3 is 2.64 bits per heavy atom. The number of aliphatic imine (C=N–C) groups is 1. The molecule has 1 unspecified atom stereocenters. The van der Waals surface area contributed by atoms with Crippen LogP contribution in [-0.2, 0) is 6.54 Å². The van der Waals surface area contributed by atoms with E-state index in [1.807, 2.05) is 18.2 Å². The Kier molecular flexibility index (Phi) is 4.93. The Balaban J connectivity index is 1.70. The van der Waals surface area contributed by atoms with Crippen LogP contribution in [0.25, 0.3) is 0 Å². The highest BCUT2D eigenvalue weighted by Crippen LogP contribution is 2.39. The first-order chi connectivity index (χ1) is 12.0. The lowest BCUT2D eigenvalue weighted by Gasteiger charge is -2.38. The van der Waals surface area contributed by atoms with Crippen LogP contribution in [0.5, 0.6) is 5.75 Å². The number of nitrogens with zero attached hydrogens (tertiary/aromatic N) is 1. The average Bonchev–Trinajstić information content (AvgIpc) is 2.59. The molecule has 0 amide bonds. The molecule has 0 saturated carbocycles. The summed E-state index contributed by atoms with van der Waals surface area (Å²) in [6.45, 7) is 4.76. The van der Waals surface area contributed by atoms with Gasteiger partial charge in [-0.1, -0.05) is 30.3 Å². The van der Waals surface area contributed by atoms with Gasteiger partial charge in [0.05, 0.1) is 6.04 Å². The molecule has 0 aromatic heterocycles. The lowest BCUT2D eigenvalue weighted by atomic mass is 9.90. The third-order valence-corrected chi connectivity index (χ3v) is 4.28. The SMILES string of the molecule is CN=C(NCc1ccc(F)cc1)NC1CC(C)(C)Oc2ccccc21. The van der Waals surface area contributed by atoms with Crippen molar-refractivity contribution in [1.82, 2.24) is 10.6 Å². The molecule has 1 aliphatic rings. The van der Waals surface area contributed by atoms with Crippen molar-refractivity contribution in [3.8, 4) is 5.75 Å². The molecule has 2 aromatic carbocycles. The fourth-order valence-corrected chi connectivity index (χ4v) is 3.08. The predicted octanol–water partition coefficient (Wildman–Crippen LogP) is 3.79. The Hall–Kier alpha value is -2.56. The van der Waals surface area contributed by atoms with Crippen LogP contribution in [0, 0.1) is 5.82 Å². The smallest absolute Gasteiger partial charge is 0.191 e. The van der Waals surface area contributed by atoms with Crippen molar-refractivity contribution < 1.29 is 9.13 Å². The highest BCUT2D eigenvalue weighted by Gasteiger charge is 2.33. The van der Waals surface area contributed by atoms with E-state index in [1.165, 1.54) is 12.1 Å². The molecule has 4 nitrogen and oxygen atoms in total. The summed E-state index contributed by atoms with van der Waals surface area (Å²) in [4.78, 5) is 4.31. The van der Waals surface area contributed by atoms with Gasteiger partial charge in [-0.25, -0.2) is 4.39 Å². The van der Waals surface area contributed by atoms with E-state index in [0.29, 0.717) is 12.5 Å². The van der Waals surface area contributed by atoms with Crippen LogP contribution < -0.4 is 15.4 Å². The Morgan fingerprint density at radius 1 is 1.20 bits per heavy atom. The van der Waals surface area contributed by atoms with Crippen LogP contribution in [0.4, 0.5) is 4.39 Å². The van der Waals surface area contributed by atoms with Crippen molar-refractivity contribution in [3.05, 3.63) is 65.5 Å². The summed E-state index contributed by atoms with van der Waals surface area (Å²) in [6.07, 6.45) is 0.835. The number of fused-ring (bicyclic) bond motifs is 1. The fraction of sp³-hybridized carbons (Fsp3) is 0.350. The van der Waals surface area contributed by atoms with E-state index in [4.69, 9.17) is 4.74 Å². The molecular formula is C20H24FN3O. The minimum atomic E-state index is -0.248. The first-order valence-corrected chi connectivity index (χ1v) is 8.46. The van der Waals surface area contributed by atoms with Gasteiger partial charge in [0.2, 0.25) is 0 Å². The first-order valence-electron chi connectivity index (χ1n) is 8.46. The second-order valence-electron chi connectivity index (χ2n) is 6.85. The van der Waals surface area contributed by atoms with Crippen molar-refractivity contribution in [2.24, 2.45) is 4.99 Å². The Morgan fingerprint density at radius 2 is 1.92 bits per heavy atom. The first kappa shape index (κ1) is 17.3. The van der Waals surface area contributed by atoms with Crippen LogP contribution in [0.1, 0.15) is 37.4 Å². The minimum Gasteiger partial charge on any atom is -0.487 e. The molecule has 2 N–H and O–H groups in total. The van der Waals surface area contributed by atoms with E-state index in [1.54, 1.807) is 19.2 Å². The third kappa shape index (κ3) is 4.29. The van der Waals surface area contributed by atoms with E-state index in [0.717, 1.165) is 23.3 Å². The molecule has 0 fully saturated rings. The molecule has 0 bridgehead atoms. The highest BCUT2D eigenvalue weighted by molar-refractivity contribution is 5.80. The Labute approximate surface area is 148 Å². The summed E-state index contributed by atoms with van der Waals surface area (Å²) in [5, 5.41) is 6.77. The second-order valence-corrected chi connectivity index (χ2v) is 6.85. The molecule has 0 aliphatic carbocycles. The number of halogens is 1.